The zero-order valence-electron chi connectivity index (χ0n) is 19.0. The van der Waals surface area contributed by atoms with Gasteiger partial charge in [0.2, 0.25) is 0 Å². The van der Waals surface area contributed by atoms with Crippen LogP contribution in [0.3, 0.4) is 0 Å². The van der Waals surface area contributed by atoms with E-state index in [0.717, 1.165) is 28.9 Å². The summed E-state index contributed by atoms with van der Waals surface area (Å²) in [5, 5.41) is 21.0. The van der Waals surface area contributed by atoms with Crippen LogP contribution in [-0.4, -0.2) is 33.2 Å². The molecule has 0 spiro atoms. The van der Waals surface area contributed by atoms with E-state index in [9.17, 15) is 10.2 Å². The molecule has 168 valence electrons. The third kappa shape index (κ3) is 12.1. The first-order valence-electron chi connectivity index (χ1n) is 11.7. The van der Waals surface area contributed by atoms with E-state index in [1.807, 2.05) is 0 Å². The lowest BCUT2D eigenvalue weighted by Gasteiger charge is -2.24. The summed E-state index contributed by atoms with van der Waals surface area (Å²) in [7, 11) is 0. The summed E-state index contributed by atoms with van der Waals surface area (Å²) in [6.07, 6.45) is 22.7. The molecule has 0 aromatic heterocycles. The van der Waals surface area contributed by atoms with Gasteiger partial charge in [0.15, 0.2) is 0 Å². The lowest BCUT2D eigenvalue weighted by Crippen LogP contribution is -2.19. The van der Waals surface area contributed by atoms with Gasteiger partial charge in [0, 0.05) is 10.5 Å². The Balaban J connectivity index is 2.07. The molecule has 4 heteroatoms. The van der Waals surface area contributed by atoms with Gasteiger partial charge in [0.1, 0.15) is 11.5 Å². The summed E-state index contributed by atoms with van der Waals surface area (Å²) >= 11 is 4.17. The summed E-state index contributed by atoms with van der Waals surface area (Å²) in [5.41, 5.74) is 0.867. The van der Waals surface area contributed by atoms with Crippen LogP contribution in [0.2, 0.25) is 0 Å². The molecule has 0 aliphatic heterocycles. The minimum Gasteiger partial charge on any atom is -0.508 e. The maximum Gasteiger partial charge on any atom is 0.119 e. The molecule has 0 fully saturated rings. The first kappa shape index (κ1) is 26.6. The van der Waals surface area contributed by atoms with Gasteiger partial charge in [0.05, 0.1) is 0 Å². The van der Waals surface area contributed by atoms with Crippen LogP contribution in [0.1, 0.15) is 96.0 Å². The van der Waals surface area contributed by atoms with Crippen LogP contribution in [0.25, 0.3) is 0 Å². The quantitative estimate of drug-likeness (QED) is 0.178. The molecular weight excluding hydrogens is 396 g/mol. The molecule has 0 saturated carbocycles. The van der Waals surface area contributed by atoms with Crippen molar-refractivity contribution in [3.8, 4) is 11.5 Å². The van der Waals surface area contributed by atoms with Crippen molar-refractivity contribution in [3.05, 3.63) is 23.8 Å². The monoisotopic (exact) mass is 440 g/mol. The van der Waals surface area contributed by atoms with E-state index in [-0.39, 0.29) is 5.75 Å². The van der Waals surface area contributed by atoms with Crippen LogP contribution in [-0.2, 0) is 6.42 Å². The molecule has 0 bridgehead atoms. The average Bonchev–Trinajstić information content (AvgIpc) is 2.72. The SMILES string of the molecule is CCCCCCC(SC)C(CCCCCCCCCc1cc(O)ccc1O)SC. The second kappa shape index (κ2) is 17.2. The van der Waals surface area contributed by atoms with Crippen molar-refractivity contribution in [2.45, 2.75) is 107 Å². The zero-order valence-corrected chi connectivity index (χ0v) is 20.6. The number of unbranched alkanes of at least 4 members (excludes halogenated alkanes) is 9. The Morgan fingerprint density at radius 1 is 0.724 bits per heavy atom. The van der Waals surface area contributed by atoms with Crippen molar-refractivity contribution in [1.82, 2.24) is 0 Å². The van der Waals surface area contributed by atoms with E-state index in [2.05, 4.69) is 43.0 Å². The number of thioether (sulfide) groups is 2. The molecule has 2 nitrogen and oxygen atoms in total. The van der Waals surface area contributed by atoms with Gasteiger partial charge in [-0.25, -0.2) is 0 Å². The van der Waals surface area contributed by atoms with Crippen molar-refractivity contribution in [3.63, 3.8) is 0 Å². The van der Waals surface area contributed by atoms with Crippen LogP contribution in [0, 0.1) is 0 Å². The lowest BCUT2D eigenvalue weighted by atomic mass is 10.0. The number of benzene rings is 1. The minimum atomic E-state index is 0.242. The van der Waals surface area contributed by atoms with Gasteiger partial charge in [-0.05, 0) is 62.0 Å². The molecule has 2 unspecified atom stereocenters. The highest BCUT2D eigenvalue weighted by Crippen LogP contribution is 2.30. The molecule has 2 N–H and O–H groups in total. The predicted molar refractivity (Wildman–Crippen MR) is 134 cm³/mol. The number of aromatic hydroxyl groups is 2. The molecular formula is C25H44O2S2. The summed E-state index contributed by atoms with van der Waals surface area (Å²) < 4.78 is 0. The fourth-order valence-electron chi connectivity index (χ4n) is 4.00. The highest BCUT2D eigenvalue weighted by molar-refractivity contribution is 8.03. The molecule has 0 saturated heterocycles. The van der Waals surface area contributed by atoms with E-state index in [1.165, 1.54) is 83.1 Å². The lowest BCUT2D eigenvalue weighted by molar-refractivity contribution is 0.452. The van der Waals surface area contributed by atoms with Crippen LogP contribution in [0.5, 0.6) is 11.5 Å². The van der Waals surface area contributed by atoms with Gasteiger partial charge in [-0.3, -0.25) is 0 Å². The Morgan fingerprint density at radius 3 is 1.79 bits per heavy atom. The number of phenols is 2. The standard InChI is InChI=1S/C25H44O2S2/c1-4-5-6-13-16-24(28-2)25(29-3)17-14-11-9-7-8-10-12-15-21-20-22(26)18-19-23(21)27/h18-20,24-27H,4-17H2,1-3H3. The topological polar surface area (TPSA) is 40.5 Å². The van der Waals surface area contributed by atoms with Crippen LogP contribution in [0.4, 0.5) is 0 Å². The van der Waals surface area contributed by atoms with E-state index in [0.29, 0.717) is 5.75 Å². The zero-order chi connectivity index (χ0) is 21.3. The minimum absolute atomic E-state index is 0.242. The Bertz CT molecular complexity index is 522. The highest BCUT2D eigenvalue weighted by Gasteiger charge is 2.18. The first-order valence-corrected chi connectivity index (χ1v) is 14.3. The Hall–Kier alpha value is -0.480. The molecule has 1 aromatic carbocycles. The fraction of sp³-hybridized carbons (Fsp3) is 0.760. The Kier molecular flexibility index (Phi) is 15.8. The van der Waals surface area contributed by atoms with Crippen molar-refractivity contribution < 1.29 is 10.2 Å². The summed E-state index contributed by atoms with van der Waals surface area (Å²) in [5.74, 6) is 0.547. The molecule has 0 heterocycles. The third-order valence-electron chi connectivity index (χ3n) is 5.86. The smallest absolute Gasteiger partial charge is 0.119 e. The average molecular weight is 441 g/mol. The van der Waals surface area contributed by atoms with E-state index in [1.54, 1.807) is 12.1 Å². The molecule has 29 heavy (non-hydrogen) atoms. The van der Waals surface area contributed by atoms with Crippen molar-refractivity contribution in [2.75, 3.05) is 12.5 Å². The van der Waals surface area contributed by atoms with Crippen molar-refractivity contribution in [2.24, 2.45) is 0 Å². The first-order chi connectivity index (χ1) is 14.1. The second-order valence-electron chi connectivity index (χ2n) is 8.22. The van der Waals surface area contributed by atoms with Crippen molar-refractivity contribution >= 4 is 23.5 Å². The van der Waals surface area contributed by atoms with Crippen LogP contribution in [0.15, 0.2) is 18.2 Å². The van der Waals surface area contributed by atoms with E-state index < -0.39 is 0 Å². The van der Waals surface area contributed by atoms with Gasteiger partial charge < -0.3 is 10.2 Å². The van der Waals surface area contributed by atoms with Gasteiger partial charge in [-0.15, -0.1) is 0 Å². The maximum absolute atomic E-state index is 9.81. The number of phenolic OH excluding ortho intramolecular Hbond substituents is 2. The fourth-order valence-corrected chi connectivity index (χ4v) is 6.35. The van der Waals surface area contributed by atoms with Gasteiger partial charge in [-0.1, -0.05) is 71.1 Å². The molecule has 2 atom stereocenters. The van der Waals surface area contributed by atoms with Gasteiger partial charge in [-0.2, -0.15) is 23.5 Å². The van der Waals surface area contributed by atoms with E-state index in [4.69, 9.17) is 0 Å². The third-order valence-corrected chi connectivity index (χ3v) is 8.37. The van der Waals surface area contributed by atoms with Crippen molar-refractivity contribution in [1.29, 1.82) is 0 Å². The number of hydrogen-bond acceptors (Lipinski definition) is 4. The van der Waals surface area contributed by atoms with Crippen LogP contribution >= 0.6 is 23.5 Å². The highest BCUT2D eigenvalue weighted by atomic mass is 32.2. The van der Waals surface area contributed by atoms with Gasteiger partial charge >= 0.3 is 0 Å². The molecule has 0 aliphatic rings. The number of rotatable bonds is 18. The Morgan fingerprint density at radius 2 is 1.24 bits per heavy atom. The van der Waals surface area contributed by atoms with Crippen LogP contribution < -0.4 is 0 Å². The molecule has 1 aromatic rings. The number of aryl methyl sites for hydroxylation is 1. The molecule has 0 aliphatic carbocycles. The summed E-state index contributed by atoms with van der Waals surface area (Å²) in [4.78, 5) is 0. The largest absolute Gasteiger partial charge is 0.508 e. The normalized spacial score (nSPS) is 13.5. The number of hydrogen-bond donors (Lipinski definition) is 2. The Labute approximate surface area is 188 Å². The molecule has 1 rings (SSSR count). The predicted octanol–water partition coefficient (Wildman–Crippen LogP) is 8.19. The molecule has 0 amide bonds. The second-order valence-corrected chi connectivity index (χ2v) is 10.4. The maximum atomic E-state index is 9.81. The van der Waals surface area contributed by atoms with Gasteiger partial charge in [0.25, 0.3) is 0 Å². The van der Waals surface area contributed by atoms with E-state index >= 15 is 0 Å². The molecule has 0 radical (unpaired) electrons. The summed E-state index contributed by atoms with van der Waals surface area (Å²) in [6.45, 7) is 2.29. The summed E-state index contributed by atoms with van der Waals surface area (Å²) in [6, 6.07) is 4.80.